The third kappa shape index (κ3) is 3.79. The first-order chi connectivity index (χ1) is 12.5. The molecular formula is C22H26N2O2. The molecule has 4 nitrogen and oxygen atoms in total. The lowest BCUT2D eigenvalue weighted by atomic mass is 9.85. The fraction of sp³-hybridized carbons (Fsp3) is 0.364. The van der Waals surface area contributed by atoms with E-state index in [-0.39, 0.29) is 16.9 Å². The number of fused-ring (bicyclic) bond motifs is 1. The molecule has 2 atom stereocenters. The molecule has 0 fully saturated rings. The summed E-state index contributed by atoms with van der Waals surface area (Å²) in [5.74, 6) is 0.152. The zero-order valence-electron chi connectivity index (χ0n) is 15.5. The van der Waals surface area contributed by atoms with Gasteiger partial charge in [-0.25, -0.2) is 0 Å². The van der Waals surface area contributed by atoms with E-state index in [1.807, 2.05) is 25.1 Å². The van der Waals surface area contributed by atoms with Gasteiger partial charge in [-0.3, -0.25) is 10.1 Å². The van der Waals surface area contributed by atoms with Crippen molar-refractivity contribution >= 4 is 10.8 Å². The fourth-order valence-corrected chi connectivity index (χ4v) is 3.99. The van der Waals surface area contributed by atoms with Gasteiger partial charge in [0.05, 0.1) is 10.6 Å². The average Bonchev–Trinajstić information content (AvgIpc) is 2.62. The Morgan fingerprint density at radius 3 is 2.77 bits per heavy atom. The number of benzene rings is 2. The van der Waals surface area contributed by atoms with Crippen LogP contribution in [0.2, 0.25) is 0 Å². The maximum Gasteiger partial charge on any atom is 0.265 e. The molecule has 3 rings (SSSR count). The van der Waals surface area contributed by atoms with Crippen LogP contribution in [-0.4, -0.2) is 4.92 Å². The predicted octanol–water partition coefficient (Wildman–Crippen LogP) is 5.75. The molecule has 0 saturated carbocycles. The van der Waals surface area contributed by atoms with Crippen LogP contribution in [0.5, 0.6) is 0 Å². The topological polar surface area (TPSA) is 55.2 Å². The molecule has 136 valence electrons. The maximum atomic E-state index is 11.6. The maximum absolute atomic E-state index is 11.6. The Balaban J connectivity index is 1.97. The van der Waals surface area contributed by atoms with Crippen LogP contribution in [0.15, 0.2) is 66.0 Å². The van der Waals surface area contributed by atoms with E-state index >= 15 is 0 Å². The molecule has 0 aromatic heterocycles. The van der Waals surface area contributed by atoms with E-state index in [0.29, 0.717) is 12.1 Å². The van der Waals surface area contributed by atoms with Crippen LogP contribution >= 0.6 is 0 Å². The van der Waals surface area contributed by atoms with Gasteiger partial charge in [-0.2, -0.15) is 0 Å². The van der Waals surface area contributed by atoms with Crippen LogP contribution in [0.4, 0.5) is 0 Å². The van der Waals surface area contributed by atoms with Crippen molar-refractivity contribution in [2.45, 2.75) is 45.6 Å². The first-order valence-electron chi connectivity index (χ1n) is 9.23. The van der Waals surface area contributed by atoms with E-state index < -0.39 is 0 Å². The normalized spacial score (nSPS) is 18.6. The monoisotopic (exact) mass is 350 g/mol. The van der Waals surface area contributed by atoms with Crippen LogP contribution in [0.3, 0.4) is 0 Å². The second kappa shape index (κ2) is 7.73. The largest absolute Gasteiger partial charge is 0.376 e. The van der Waals surface area contributed by atoms with E-state index in [4.69, 9.17) is 0 Å². The molecule has 0 heterocycles. The van der Waals surface area contributed by atoms with Crippen molar-refractivity contribution < 1.29 is 4.92 Å². The fourth-order valence-electron chi connectivity index (χ4n) is 3.99. The minimum Gasteiger partial charge on any atom is -0.376 e. The summed E-state index contributed by atoms with van der Waals surface area (Å²) >= 11 is 0. The Morgan fingerprint density at radius 1 is 1.31 bits per heavy atom. The van der Waals surface area contributed by atoms with Crippen LogP contribution in [0.1, 0.15) is 51.1 Å². The second-order valence-electron chi connectivity index (χ2n) is 7.30. The second-order valence-corrected chi connectivity index (χ2v) is 7.30. The van der Waals surface area contributed by atoms with Gasteiger partial charge in [0.25, 0.3) is 5.70 Å². The summed E-state index contributed by atoms with van der Waals surface area (Å²) < 4.78 is 0. The lowest BCUT2D eigenvalue weighted by molar-refractivity contribution is -0.431. The average molecular weight is 350 g/mol. The number of nitrogens with one attached hydrogen (secondary N) is 1. The molecule has 1 aliphatic carbocycles. The van der Waals surface area contributed by atoms with E-state index in [2.05, 4.69) is 43.1 Å². The quantitative estimate of drug-likeness (QED) is 0.410. The van der Waals surface area contributed by atoms with Crippen molar-refractivity contribution in [3.8, 4) is 0 Å². The molecule has 1 N–H and O–H groups in total. The van der Waals surface area contributed by atoms with Crippen molar-refractivity contribution in [3.05, 3.63) is 81.7 Å². The van der Waals surface area contributed by atoms with Gasteiger partial charge in [0.1, 0.15) is 0 Å². The SMILES string of the molecule is C=C(C)C[C@@H]1CCCC([N+](=O)[O-])=C1N[C@@H](C)c1cccc2ccccc12. The Kier molecular flexibility index (Phi) is 5.40. The van der Waals surface area contributed by atoms with Gasteiger partial charge in [-0.1, -0.05) is 48.0 Å². The van der Waals surface area contributed by atoms with Gasteiger partial charge in [-0.15, -0.1) is 6.58 Å². The first kappa shape index (κ1) is 18.2. The molecule has 0 spiro atoms. The molecule has 4 heteroatoms. The van der Waals surface area contributed by atoms with Crippen LogP contribution in [-0.2, 0) is 0 Å². The number of hydrogen-bond donors (Lipinski definition) is 1. The van der Waals surface area contributed by atoms with E-state index in [0.717, 1.165) is 36.1 Å². The molecule has 0 saturated heterocycles. The van der Waals surface area contributed by atoms with Gasteiger partial charge >= 0.3 is 0 Å². The molecule has 0 bridgehead atoms. The Hall–Kier alpha value is -2.62. The molecule has 0 aliphatic heterocycles. The van der Waals surface area contributed by atoms with E-state index in [1.165, 1.54) is 10.8 Å². The minimum atomic E-state index is -0.206. The number of hydrogen-bond acceptors (Lipinski definition) is 3. The zero-order chi connectivity index (χ0) is 18.7. The van der Waals surface area contributed by atoms with Gasteiger partial charge in [-0.05, 0) is 49.4 Å². The summed E-state index contributed by atoms with van der Waals surface area (Å²) in [7, 11) is 0. The highest BCUT2D eigenvalue weighted by Gasteiger charge is 2.31. The van der Waals surface area contributed by atoms with Gasteiger partial charge in [0.15, 0.2) is 0 Å². The third-order valence-electron chi connectivity index (χ3n) is 5.16. The highest BCUT2D eigenvalue weighted by Crippen LogP contribution is 2.35. The molecule has 0 radical (unpaired) electrons. The highest BCUT2D eigenvalue weighted by molar-refractivity contribution is 5.86. The molecular weight excluding hydrogens is 324 g/mol. The van der Waals surface area contributed by atoms with Crippen molar-refractivity contribution in [2.24, 2.45) is 5.92 Å². The van der Waals surface area contributed by atoms with E-state index in [1.54, 1.807) is 0 Å². The van der Waals surface area contributed by atoms with Crippen molar-refractivity contribution in [1.82, 2.24) is 5.32 Å². The summed E-state index contributed by atoms with van der Waals surface area (Å²) in [6.07, 6.45) is 3.16. The minimum absolute atomic E-state index is 0.00299. The van der Waals surface area contributed by atoms with Gasteiger partial charge in [0.2, 0.25) is 0 Å². The van der Waals surface area contributed by atoms with Crippen molar-refractivity contribution in [3.63, 3.8) is 0 Å². The summed E-state index contributed by atoms with van der Waals surface area (Å²) in [4.78, 5) is 11.4. The Morgan fingerprint density at radius 2 is 2.04 bits per heavy atom. The summed E-state index contributed by atoms with van der Waals surface area (Å²) in [6, 6.07) is 14.5. The van der Waals surface area contributed by atoms with Crippen LogP contribution < -0.4 is 5.32 Å². The third-order valence-corrected chi connectivity index (χ3v) is 5.16. The highest BCUT2D eigenvalue weighted by atomic mass is 16.6. The number of allylic oxidation sites excluding steroid dienone is 3. The molecule has 2 aromatic carbocycles. The number of rotatable bonds is 6. The summed E-state index contributed by atoms with van der Waals surface area (Å²) in [5.41, 5.74) is 3.37. The lowest BCUT2D eigenvalue weighted by Gasteiger charge is -2.29. The molecule has 0 unspecified atom stereocenters. The first-order valence-corrected chi connectivity index (χ1v) is 9.23. The summed E-state index contributed by atoms with van der Waals surface area (Å²) in [6.45, 7) is 8.09. The van der Waals surface area contributed by atoms with Crippen molar-refractivity contribution in [2.75, 3.05) is 0 Å². The van der Waals surface area contributed by atoms with Crippen LogP contribution in [0.25, 0.3) is 10.8 Å². The predicted molar refractivity (Wildman–Crippen MR) is 106 cm³/mol. The smallest absolute Gasteiger partial charge is 0.265 e. The van der Waals surface area contributed by atoms with Gasteiger partial charge in [0, 0.05) is 18.4 Å². The van der Waals surface area contributed by atoms with Crippen molar-refractivity contribution in [1.29, 1.82) is 0 Å². The Labute approximate surface area is 154 Å². The Bertz CT molecular complexity index is 864. The van der Waals surface area contributed by atoms with Crippen LogP contribution in [0, 0.1) is 16.0 Å². The molecule has 26 heavy (non-hydrogen) atoms. The standard InChI is InChI=1S/C22H26N2O2/c1-15(2)14-18-10-7-13-21(24(25)26)22(18)23-16(3)19-12-6-9-17-8-4-5-11-20(17)19/h4-6,8-9,11-12,16,18,23H,1,7,10,13-14H2,2-3H3/t16-,18-/m0/s1. The molecule has 1 aliphatic rings. The molecule has 0 amide bonds. The number of nitro groups is 1. The van der Waals surface area contributed by atoms with Gasteiger partial charge < -0.3 is 5.32 Å². The summed E-state index contributed by atoms with van der Waals surface area (Å²) in [5, 5.41) is 17.5. The molecule has 2 aromatic rings. The van der Waals surface area contributed by atoms with E-state index in [9.17, 15) is 10.1 Å². The number of nitrogens with zero attached hydrogens (tertiary/aromatic N) is 1. The lowest BCUT2D eigenvalue weighted by Crippen LogP contribution is -2.30. The zero-order valence-corrected chi connectivity index (χ0v) is 15.5.